The van der Waals surface area contributed by atoms with E-state index >= 15 is 0 Å². The number of carbonyl (C=O) groups excluding carboxylic acids is 2. The van der Waals surface area contributed by atoms with Crippen molar-refractivity contribution in [1.29, 1.82) is 0 Å². The third kappa shape index (κ3) is 2.25. The van der Waals surface area contributed by atoms with Crippen molar-refractivity contribution in [1.82, 2.24) is 9.97 Å². The summed E-state index contributed by atoms with van der Waals surface area (Å²) in [5.74, 6) is -0.596. The SMILES string of the molecule is COC(=O)C1CC(=O)N(c2ncc(C)cn2)C1. The second-order valence-electron chi connectivity index (χ2n) is 3.99. The molecule has 6 nitrogen and oxygen atoms in total. The number of aromatic nitrogens is 2. The lowest BCUT2D eigenvalue weighted by Crippen LogP contribution is -2.27. The fourth-order valence-electron chi connectivity index (χ4n) is 1.75. The Bertz CT molecular complexity index is 444. The Kier molecular flexibility index (Phi) is 3.03. The van der Waals surface area contributed by atoms with E-state index in [4.69, 9.17) is 0 Å². The van der Waals surface area contributed by atoms with Gasteiger partial charge in [-0.2, -0.15) is 0 Å². The van der Waals surface area contributed by atoms with Crippen molar-refractivity contribution >= 4 is 17.8 Å². The van der Waals surface area contributed by atoms with Gasteiger partial charge in [-0.05, 0) is 12.5 Å². The van der Waals surface area contributed by atoms with Crippen LogP contribution < -0.4 is 4.90 Å². The number of carbonyl (C=O) groups is 2. The first kappa shape index (κ1) is 11.5. The number of anilines is 1. The van der Waals surface area contributed by atoms with E-state index in [1.165, 1.54) is 12.0 Å². The minimum absolute atomic E-state index is 0.149. The van der Waals surface area contributed by atoms with Gasteiger partial charge in [0.2, 0.25) is 11.9 Å². The Morgan fingerprint density at radius 2 is 2.12 bits per heavy atom. The van der Waals surface area contributed by atoms with Gasteiger partial charge < -0.3 is 4.74 Å². The number of rotatable bonds is 2. The van der Waals surface area contributed by atoms with Gasteiger partial charge in [0.15, 0.2) is 0 Å². The molecule has 90 valence electrons. The third-order valence-corrected chi connectivity index (χ3v) is 2.67. The first-order valence-electron chi connectivity index (χ1n) is 5.28. The molecule has 17 heavy (non-hydrogen) atoms. The Hall–Kier alpha value is -1.98. The maximum Gasteiger partial charge on any atom is 0.311 e. The van der Waals surface area contributed by atoms with Crippen molar-refractivity contribution in [3.8, 4) is 0 Å². The first-order chi connectivity index (χ1) is 8.11. The van der Waals surface area contributed by atoms with Gasteiger partial charge in [-0.1, -0.05) is 0 Å². The number of amides is 1. The average molecular weight is 235 g/mol. The standard InChI is InChI=1S/C11H13N3O3/c1-7-4-12-11(13-5-7)14-6-8(3-9(14)15)10(16)17-2/h4-5,8H,3,6H2,1-2H3. The van der Waals surface area contributed by atoms with Crippen LogP contribution in [0.25, 0.3) is 0 Å². The van der Waals surface area contributed by atoms with Gasteiger partial charge in [-0.25, -0.2) is 9.97 Å². The predicted octanol–water partition coefficient (Wildman–Crippen LogP) is 0.311. The molecule has 1 atom stereocenters. The molecule has 0 spiro atoms. The summed E-state index contributed by atoms with van der Waals surface area (Å²) in [6.45, 7) is 2.15. The van der Waals surface area contributed by atoms with Crippen LogP contribution in [0.3, 0.4) is 0 Å². The topological polar surface area (TPSA) is 72.4 Å². The zero-order chi connectivity index (χ0) is 12.4. The summed E-state index contributed by atoms with van der Waals surface area (Å²) in [6.07, 6.45) is 3.44. The molecule has 0 aromatic carbocycles. The van der Waals surface area contributed by atoms with E-state index in [1.54, 1.807) is 12.4 Å². The first-order valence-corrected chi connectivity index (χ1v) is 5.28. The summed E-state index contributed by atoms with van der Waals surface area (Å²) in [5.41, 5.74) is 0.921. The van der Waals surface area contributed by atoms with E-state index in [0.717, 1.165) is 5.56 Å². The Labute approximate surface area is 98.6 Å². The molecule has 1 aromatic heterocycles. The maximum absolute atomic E-state index is 11.7. The highest BCUT2D eigenvalue weighted by atomic mass is 16.5. The molecule has 1 aromatic rings. The van der Waals surface area contributed by atoms with Crippen LogP contribution in [0.4, 0.5) is 5.95 Å². The number of esters is 1. The number of ether oxygens (including phenoxy) is 1. The zero-order valence-corrected chi connectivity index (χ0v) is 9.71. The van der Waals surface area contributed by atoms with Crippen LogP contribution >= 0.6 is 0 Å². The Morgan fingerprint density at radius 3 is 2.71 bits per heavy atom. The van der Waals surface area contributed by atoms with Gasteiger partial charge in [-0.15, -0.1) is 0 Å². The Morgan fingerprint density at radius 1 is 1.47 bits per heavy atom. The minimum Gasteiger partial charge on any atom is -0.469 e. The molecule has 0 aliphatic carbocycles. The van der Waals surface area contributed by atoms with E-state index in [-0.39, 0.29) is 24.8 Å². The second kappa shape index (κ2) is 4.48. The van der Waals surface area contributed by atoms with E-state index in [9.17, 15) is 9.59 Å². The average Bonchev–Trinajstić information content (AvgIpc) is 2.71. The summed E-state index contributed by atoms with van der Waals surface area (Å²) < 4.78 is 4.63. The smallest absolute Gasteiger partial charge is 0.311 e. The number of hydrogen-bond acceptors (Lipinski definition) is 5. The lowest BCUT2D eigenvalue weighted by Gasteiger charge is -2.13. The number of nitrogens with zero attached hydrogens (tertiary/aromatic N) is 3. The normalized spacial score (nSPS) is 19.5. The van der Waals surface area contributed by atoms with Gasteiger partial charge in [-0.3, -0.25) is 14.5 Å². The van der Waals surface area contributed by atoms with Gasteiger partial charge >= 0.3 is 5.97 Å². The molecule has 0 saturated carbocycles. The maximum atomic E-state index is 11.7. The van der Waals surface area contributed by atoms with E-state index in [0.29, 0.717) is 5.95 Å². The highest BCUT2D eigenvalue weighted by Crippen LogP contribution is 2.22. The quantitative estimate of drug-likeness (QED) is 0.690. The van der Waals surface area contributed by atoms with Crippen LogP contribution in [0.5, 0.6) is 0 Å². The number of hydrogen-bond donors (Lipinski definition) is 0. The van der Waals surface area contributed by atoms with Crippen molar-refractivity contribution in [3.05, 3.63) is 18.0 Å². The highest BCUT2D eigenvalue weighted by Gasteiger charge is 2.36. The largest absolute Gasteiger partial charge is 0.469 e. The summed E-state index contributed by atoms with van der Waals surface area (Å²) >= 11 is 0. The molecule has 0 bridgehead atoms. The summed E-state index contributed by atoms with van der Waals surface area (Å²) in [7, 11) is 1.32. The molecule has 6 heteroatoms. The number of methoxy groups -OCH3 is 1. The van der Waals surface area contributed by atoms with Crippen molar-refractivity contribution < 1.29 is 14.3 Å². The van der Waals surface area contributed by atoms with E-state index in [2.05, 4.69) is 14.7 Å². The zero-order valence-electron chi connectivity index (χ0n) is 9.71. The third-order valence-electron chi connectivity index (χ3n) is 2.67. The molecular formula is C11H13N3O3. The monoisotopic (exact) mass is 235 g/mol. The van der Waals surface area contributed by atoms with E-state index < -0.39 is 5.92 Å². The molecule has 1 aliphatic heterocycles. The van der Waals surface area contributed by atoms with Gasteiger partial charge in [0.1, 0.15) is 0 Å². The second-order valence-corrected chi connectivity index (χ2v) is 3.99. The molecule has 2 heterocycles. The van der Waals surface area contributed by atoms with Crippen LogP contribution in [0.15, 0.2) is 12.4 Å². The summed E-state index contributed by atoms with van der Waals surface area (Å²) in [6, 6.07) is 0. The fourth-order valence-corrected chi connectivity index (χ4v) is 1.75. The predicted molar refractivity (Wildman–Crippen MR) is 59.2 cm³/mol. The molecule has 1 unspecified atom stereocenters. The minimum atomic E-state index is -0.419. The van der Waals surface area contributed by atoms with Crippen LogP contribution in [-0.4, -0.2) is 35.5 Å². The molecule has 0 N–H and O–H groups in total. The Balaban J connectivity index is 2.15. The van der Waals surface area contributed by atoms with Crippen LogP contribution in [0, 0.1) is 12.8 Å². The molecule has 2 rings (SSSR count). The lowest BCUT2D eigenvalue weighted by molar-refractivity contribution is -0.145. The van der Waals surface area contributed by atoms with Crippen LogP contribution in [0.2, 0.25) is 0 Å². The van der Waals surface area contributed by atoms with Crippen molar-refractivity contribution in [3.63, 3.8) is 0 Å². The molecule has 1 saturated heterocycles. The van der Waals surface area contributed by atoms with Gasteiger partial charge in [0.25, 0.3) is 0 Å². The molecular weight excluding hydrogens is 222 g/mol. The van der Waals surface area contributed by atoms with Gasteiger partial charge in [0.05, 0.1) is 13.0 Å². The fraction of sp³-hybridized carbons (Fsp3) is 0.455. The molecule has 1 fully saturated rings. The molecule has 1 amide bonds. The van der Waals surface area contributed by atoms with Crippen molar-refractivity contribution in [2.75, 3.05) is 18.6 Å². The lowest BCUT2D eigenvalue weighted by atomic mass is 10.1. The molecule has 0 radical (unpaired) electrons. The number of aryl methyl sites for hydroxylation is 1. The highest BCUT2D eigenvalue weighted by molar-refractivity contribution is 5.98. The molecule has 1 aliphatic rings. The van der Waals surface area contributed by atoms with Gasteiger partial charge in [0, 0.05) is 25.4 Å². The van der Waals surface area contributed by atoms with Crippen LogP contribution in [0.1, 0.15) is 12.0 Å². The summed E-state index contributed by atoms with van der Waals surface area (Å²) in [5, 5.41) is 0. The van der Waals surface area contributed by atoms with E-state index in [1.807, 2.05) is 6.92 Å². The van der Waals surface area contributed by atoms with Crippen molar-refractivity contribution in [2.24, 2.45) is 5.92 Å². The van der Waals surface area contributed by atoms with Crippen molar-refractivity contribution in [2.45, 2.75) is 13.3 Å². The van der Waals surface area contributed by atoms with Crippen LogP contribution in [-0.2, 0) is 14.3 Å². The summed E-state index contributed by atoms with van der Waals surface area (Å²) in [4.78, 5) is 32.6.